The van der Waals surface area contributed by atoms with Gasteiger partial charge < -0.3 is 9.72 Å². The number of rotatable bonds is 6. The molecule has 0 unspecified atom stereocenters. The van der Waals surface area contributed by atoms with Crippen molar-refractivity contribution >= 4 is 0 Å². The minimum Gasteiger partial charge on any atom is -0.494 e. The molecule has 0 saturated carbocycles. The quantitative estimate of drug-likeness (QED) is 0.886. The van der Waals surface area contributed by atoms with Crippen LogP contribution in [0, 0.1) is 0 Å². The monoisotopic (exact) mass is 327 g/mol. The summed E-state index contributed by atoms with van der Waals surface area (Å²) >= 11 is 0. The minimum atomic E-state index is 0.0430. The lowest BCUT2D eigenvalue weighted by Crippen LogP contribution is -2.35. The summed E-state index contributed by atoms with van der Waals surface area (Å²) in [6.45, 7) is 7.21. The molecule has 0 aliphatic carbocycles. The average molecular weight is 327 g/mol. The van der Waals surface area contributed by atoms with Gasteiger partial charge in [0.2, 0.25) is 0 Å². The van der Waals surface area contributed by atoms with E-state index >= 15 is 0 Å². The van der Waals surface area contributed by atoms with Crippen LogP contribution in [0.1, 0.15) is 42.9 Å². The minimum absolute atomic E-state index is 0.0430. The van der Waals surface area contributed by atoms with Crippen molar-refractivity contribution in [1.29, 1.82) is 0 Å². The fourth-order valence-electron chi connectivity index (χ4n) is 3.19. The van der Waals surface area contributed by atoms with Gasteiger partial charge in [0.25, 0.3) is 5.56 Å². The normalized spacial score (nSPS) is 14.4. The molecule has 0 spiro atoms. The first-order valence-corrected chi connectivity index (χ1v) is 8.74. The van der Waals surface area contributed by atoms with Crippen LogP contribution in [0.25, 0.3) is 0 Å². The molecule has 3 rings (SSSR count). The molecule has 24 heavy (non-hydrogen) atoms. The van der Waals surface area contributed by atoms with Crippen molar-refractivity contribution in [3.63, 3.8) is 0 Å². The van der Waals surface area contributed by atoms with Gasteiger partial charge in [-0.1, -0.05) is 19.1 Å². The summed E-state index contributed by atoms with van der Waals surface area (Å²) < 4.78 is 5.57. The second-order valence-corrected chi connectivity index (χ2v) is 6.23. The fourth-order valence-corrected chi connectivity index (χ4v) is 3.19. The van der Waals surface area contributed by atoms with Crippen LogP contribution in [-0.4, -0.2) is 28.0 Å². The Morgan fingerprint density at radius 1 is 1.33 bits per heavy atom. The van der Waals surface area contributed by atoms with E-state index in [-0.39, 0.29) is 5.56 Å². The Balaban J connectivity index is 1.75. The summed E-state index contributed by atoms with van der Waals surface area (Å²) in [7, 11) is 0. The van der Waals surface area contributed by atoms with Gasteiger partial charge in [0.05, 0.1) is 12.3 Å². The number of ether oxygens (including phenoxy) is 1. The Bertz CT molecular complexity index is 755. The van der Waals surface area contributed by atoms with Gasteiger partial charge in [-0.3, -0.25) is 9.69 Å². The lowest BCUT2D eigenvalue weighted by atomic mass is 10.1. The zero-order chi connectivity index (χ0) is 16.9. The summed E-state index contributed by atoms with van der Waals surface area (Å²) in [6.07, 6.45) is 2.56. The maximum atomic E-state index is 12.2. The maximum absolute atomic E-state index is 12.2. The highest BCUT2D eigenvalue weighted by molar-refractivity contribution is 5.29. The number of nitrogens with one attached hydrogen (secondary N) is 1. The Kier molecular flexibility index (Phi) is 5.30. The number of fused-ring (bicyclic) bond motifs is 1. The first kappa shape index (κ1) is 16.7. The molecule has 1 N–H and O–H groups in total. The van der Waals surface area contributed by atoms with Gasteiger partial charge in [0, 0.05) is 31.6 Å². The largest absolute Gasteiger partial charge is 0.494 e. The molecular formula is C19H25N3O2. The van der Waals surface area contributed by atoms with Crippen LogP contribution in [-0.2, 0) is 25.9 Å². The third kappa shape index (κ3) is 3.85. The van der Waals surface area contributed by atoms with Crippen LogP contribution in [0.15, 0.2) is 29.1 Å². The van der Waals surface area contributed by atoms with E-state index in [0.717, 1.165) is 61.7 Å². The molecule has 1 aromatic carbocycles. The summed E-state index contributed by atoms with van der Waals surface area (Å²) in [5.41, 5.74) is 3.06. The standard InChI is InChI=1S/C19H25N3O2/c1-3-6-18-20-17-13-22(10-9-16(17)19(23)21-18)12-14-7-5-8-15(11-14)24-4-2/h5,7-8,11H,3-4,6,9-10,12-13H2,1-2H3,(H,20,21,23). The topological polar surface area (TPSA) is 58.2 Å². The van der Waals surface area contributed by atoms with E-state index in [1.165, 1.54) is 5.56 Å². The Hall–Kier alpha value is -2.14. The van der Waals surface area contributed by atoms with Gasteiger partial charge in [-0.2, -0.15) is 0 Å². The predicted octanol–water partition coefficient (Wildman–Crippen LogP) is 2.68. The van der Waals surface area contributed by atoms with Crippen molar-refractivity contribution in [2.45, 2.75) is 46.2 Å². The van der Waals surface area contributed by atoms with Gasteiger partial charge in [-0.15, -0.1) is 0 Å². The van der Waals surface area contributed by atoms with Crippen LogP contribution < -0.4 is 10.3 Å². The van der Waals surface area contributed by atoms with Crippen molar-refractivity contribution in [2.24, 2.45) is 0 Å². The van der Waals surface area contributed by atoms with Crippen molar-refractivity contribution in [1.82, 2.24) is 14.9 Å². The lowest BCUT2D eigenvalue weighted by Gasteiger charge is -2.27. The van der Waals surface area contributed by atoms with Crippen molar-refractivity contribution in [2.75, 3.05) is 13.2 Å². The molecule has 0 amide bonds. The molecule has 2 heterocycles. The van der Waals surface area contributed by atoms with Crippen LogP contribution in [0.4, 0.5) is 0 Å². The average Bonchev–Trinajstić information content (AvgIpc) is 2.55. The molecule has 0 fully saturated rings. The summed E-state index contributed by atoms with van der Waals surface area (Å²) in [6, 6.07) is 8.22. The second-order valence-electron chi connectivity index (χ2n) is 6.23. The molecule has 0 bridgehead atoms. The first-order valence-electron chi connectivity index (χ1n) is 8.74. The van der Waals surface area contributed by atoms with Crippen LogP contribution in [0.3, 0.4) is 0 Å². The van der Waals surface area contributed by atoms with Gasteiger partial charge >= 0.3 is 0 Å². The van der Waals surface area contributed by atoms with Crippen LogP contribution >= 0.6 is 0 Å². The first-order chi connectivity index (χ1) is 11.7. The highest BCUT2D eigenvalue weighted by Gasteiger charge is 2.21. The van der Waals surface area contributed by atoms with Gasteiger partial charge in [0.1, 0.15) is 11.6 Å². The van der Waals surface area contributed by atoms with Crippen molar-refractivity contribution in [3.05, 3.63) is 57.3 Å². The van der Waals surface area contributed by atoms with Gasteiger partial charge in [-0.05, 0) is 37.5 Å². The highest BCUT2D eigenvalue weighted by atomic mass is 16.5. The molecule has 0 atom stereocenters. The molecule has 1 aliphatic rings. The van der Waals surface area contributed by atoms with Crippen LogP contribution in [0.2, 0.25) is 0 Å². The molecule has 0 saturated heterocycles. The van der Waals surface area contributed by atoms with E-state index < -0.39 is 0 Å². The summed E-state index contributed by atoms with van der Waals surface area (Å²) in [4.78, 5) is 22.2. The fraction of sp³-hybridized carbons (Fsp3) is 0.474. The second kappa shape index (κ2) is 7.62. The molecule has 128 valence electrons. The third-order valence-electron chi connectivity index (χ3n) is 4.30. The number of aryl methyl sites for hydroxylation is 1. The summed E-state index contributed by atoms with van der Waals surface area (Å²) in [5, 5.41) is 0. The SMILES string of the molecule is CCCc1nc2c(c(=O)[nH]1)CCN(Cc1cccc(OCC)c1)C2. The van der Waals surface area contributed by atoms with E-state index in [0.29, 0.717) is 6.61 Å². The van der Waals surface area contributed by atoms with E-state index in [1.54, 1.807) is 0 Å². The molecule has 1 aromatic heterocycles. The number of nitrogens with zero attached hydrogens (tertiary/aromatic N) is 2. The zero-order valence-electron chi connectivity index (χ0n) is 14.5. The molecular weight excluding hydrogens is 302 g/mol. The van der Waals surface area contributed by atoms with Crippen LogP contribution in [0.5, 0.6) is 5.75 Å². The van der Waals surface area contributed by atoms with Gasteiger partial charge in [0.15, 0.2) is 0 Å². The number of aromatic nitrogens is 2. The number of hydrogen-bond donors (Lipinski definition) is 1. The smallest absolute Gasteiger partial charge is 0.254 e. The lowest BCUT2D eigenvalue weighted by molar-refractivity contribution is 0.239. The number of benzene rings is 1. The molecule has 0 radical (unpaired) electrons. The third-order valence-corrected chi connectivity index (χ3v) is 4.30. The van der Waals surface area contributed by atoms with E-state index in [2.05, 4.69) is 33.9 Å². The molecule has 5 heteroatoms. The Morgan fingerprint density at radius 3 is 3.00 bits per heavy atom. The highest BCUT2D eigenvalue weighted by Crippen LogP contribution is 2.19. The maximum Gasteiger partial charge on any atom is 0.254 e. The molecule has 5 nitrogen and oxygen atoms in total. The van der Waals surface area contributed by atoms with Crippen molar-refractivity contribution < 1.29 is 4.74 Å². The zero-order valence-corrected chi connectivity index (χ0v) is 14.5. The number of H-pyrrole nitrogens is 1. The number of hydrogen-bond acceptors (Lipinski definition) is 4. The van der Waals surface area contributed by atoms with E-state index in [4.69, 9.17) is 4.74 Å². The molecule has 2 aromatic rings. The predicted molar refractivity (Wildman–Crippen MR) is 94.3 cm³/mol. The van der Waals surface area contributed by atoms with E-state index in [1.807, 2.05) is 19.1 Å². The van der Waals surface area contributed by atoms with E-state index in [9.17, 15) is 4.79 Å². The Morgan fingerprint density at radius 2 is 2.21 bits per heavy atom. The van der Waals surface area contributed by atoms with Crippen molar-refractivity contribution in [3.8, 4) is 5.75 Å². The number of aromatic amines is 1. The Labute approximate surface area is 142 Å². The van der Waals surface area contributed by atoms with Gasteiger partial charge in [-0.25, -0.2) is 4.98 Å². The molecule has 1 aliphatic heterocycles. The summed E-state index contributed by atoms with van der Waals surface area (Å²) in [5.74, 6) is 1.72.